The summed E-state index contributed by atoms with van der Waals surface area (Å²) in [6.07, 6.45) is 2.92. The lowest BCUT2D eigenvalue weighted by molar-refractivity contribution is -0.148. The standard InChI is InChI=1S/C22H29ClN2O5/c1-21(2,3)15-8-10-22(11-9-15)19(27)25(20(28)24-22)14-18(26)30-13-12-29-17-7-5-4-6-16(17)23/h4-7,15H,8-14H2,1-3H3,(H,24,28). The zero-order chi connectivity index (χ0) is 21.9. The van der Waals surface area contributed by atoms with E-state index < -0.39 is 24.1 Å². The molecule has 1 aromatic carbocycles. The highest BCUT2D eigenvalue weighted by atomic mass is 35.5. The molecule has 7 nitrogen and oxygen atoms in total. The minimum atomic E-state index is -0.883. The Labute approximate surface area is 182 Å². The third-order valence-electron chi connectivity index (χ3n) is 6.04. The Hall–Kier alpha value is -2.28. The van der Waals surface area contributed by atoms with E-state index in [1.807, 2.05) is 0 Å². The summed E-state index contributed by atoms with van der Waals surface area (Å²) in [5.41, 5.74) is -0.713. The number of benzene rings is 1. The number of carbonyl (C=O) groups excluding carboxylic acids is 3. The second-order valence-corrected chi connectivity index (χ2v) is 9.45. The van der Waals surface area contributed by atoms with Gasteiger partial charge in [0.05, 0.1) is 5.02 Å². The molecule has 0 aromatic heterocycles. The minimum Gasteiger partial charge on any atom is -0.488 e. The smallest absolute Gasteiger partial charge is 0.326 e. The van der Waals surface area contributed by atoms with Gasteiger partial charge in [0.25, 0.3) is 5.91 Å². The van der Waals surface area contributed by atoms with E-state index >= 15 is 0 Å². The molecule has 0 radical (unpaired) electrons. The number of hydrogen-bond acceptors (Lipinski definition) is 5. The lowest BCUT2D eigenvalue weighted by Gasteiger charge is -2.40. The molecule has 8 heteroatoms. The average Bonchev–Trinajstić information content (AvgIpc) is 2.90. The van der Waals surface area contributed by atoms with Gasteiger partial charge in [0.1, 0.15) is 31.0 Å². The first-order valence-electron chi connectivity index (χ1n) is 10.3. The number of para-hydroxylation sites is 1. The van der Waals surface area contributed by atoms with E-state index in [0.717, 1.165) is 17.7 Å². The Morgan fingerprint density at radius 2 is 1.87 bits per heavy atom. The highest BCUT2D eigenvalue weighted by Crippen LogP contribution is 2.43. The van der Waals surface area contributed by atoms with Crippen LogP contribution in [0.15, 0.2) is 24.3 Å². The number of carbonyl (C=O) groups is 3. The molecule has 3 rings (SSSR count). The summed E-state index contributed by atoms with van der Waals surface area (Å²) in [4.78, 5) is 38.4. The van der Waals surface area contributed by atoms with Crippen LogP contribution >= 0.6 is 11.6 Å². The molecule has 0 bridgehead atoms. The fourth-order valence-electron chi connectivity index (χ4n) is 4.18. The number of halogens is 1. The molecule has 1 aliphatic heterocycles. The van der Waals surface area contributed by atoms with Crippen molar-refractivity contribution >= 4 is 29.5 Å². The monoisotopic (exact) mass is 436 g/mol. The van der Waals surface area contributed by atoms with Crippen molar-refractivity contribution in [2.75, 3.05) is 19.8 Å². The topological polar surface area (TPSA) is 84.9 Å². The lowest BCUT2D eigenvalue weighted by Crippen LogP contribution is -2.50. The Balaban J connectivity index is 1.47. The van der Waals surface area contributed by atoms with E-state index in [4.69, 9.17) is 21.1 Å². The summed E-state index contributed by atoms with van der Waals surface area (Å²) in [5.74, 6) is 0.0212. The summed E-state index contributed by atoms with van der Waals surface area (Å²) < 4.78 is 10.6. The minimum absolute atomic E-state index is 0.00783. The first-order chi connectivity index (χ1) is 14.1. The van der Waals surface area contributed by atoms with Crippen molar-refractivity contribution in [2.45, 2.75) is 52.0 Å². The lowest BCUT2D eigenvalue weighted by atomic mass is 9.67. The molecule has 0 unspecified atom stereocenters. The number of rotatable bonds is 6. The molecule has 1 saturated carbocycles. The van der Waals surface area contributed by atoms with Crippen LogP contribution in [0.25, 0.3) is 0 Å². The highest BCUT2D eigenvalue weighted by Gasteiger charge is 2.53. The van der Waals surface area contributed by atoms with Gasteiger partial charge in [0.15, 0.2) is 0 Å². The van der Waals surface area contributed by atoms with Gasteiger partial charge in [-0.15, -0.1) is 0 Å². The summed E-state index contributed by atoms with van der Waals surface area (Å²) in [5, 5.41) is 3.30. The molecule has 1 spiro atoms. The molecule has 2 aliphatic rings. The molecule has 1 aromatic rings. The molecule has 1 saturated heterocycles. The van der Waals surface area contributed by atoms with Crippen LogP contribution in [-0.4, -0.2) is 48.1 Å². The summed E-state index contributed by atoms with van der Waals surface area (Å²) in [7, 11) is 0. The molecule has 3 amide bonds. The van der Waals surface area contributed by atoms with Crippen LogP contribution < -0.4 is 10.1 Å². The van der Waals surface area contributed by atoms with Gasteiger partial charge in [-0.3, -0.25) is 14.5 Å². The van der Waals surface area contributed by atoms with Crippen LogP contribution in [-0.2, 0) is 14.3 Å². The molecule has 1 aliphatic carbocycles. The number of hydrogen-bond donors (Lipinski definition) is 1. The number of urea groups is 1. The third kappa shape index (κ3) is 4.89. The Morgan fingerprint density at radius 3 is 2.50 bits per heavy atom. The maximum atomic E-state index is 12.9. The van der Waals surface area contributed by atoms with Crippen molar-refractivity contribution in [3.63, 3.8) is 0 Å². The zero-order valence-electron chi connectivity index (χ0n) is 17.7. The molecule has 30 heavy (non-hydrogen) atoms. The largest absolute Gasteiger partial charge is 0.488 e. The van der Waals surface area contributed by atoms with Gasteiger partial charge in [-0.2, -0.15) is 0 Å². The van der Waals surface area contributed by atoms with Crippen LogP contribution in [0.4, 0.5) is 4.79 Å². The fraction of sp³-hybridized carbons (Fsp3) is 0.591. The van der Waals surface area contributed by atoms with Crippen molar-refractivity contribution in [1.29, 1.82) is 0 Å². The number of ether oxygens (including phenoxy) is 2. The van der Waals surface area contributed by atoms with Crippen LogP contribution in [0.2, 0.25) is 5.02 Å². The predicted molar refractivity (Wildman–Crippen MR) is 112 cm³/mol. The molecule has 1 heterocycles. The van der Waals surface area contributed by atoms with Gasteiger partial charge >= 0.3 is 12.0 Å². The maximum Gasteiger partial charge on any atom is 0.326 e. The van der Waals surface area contributed by atoms with E-state index in [1.54, 1.807) is 24.3 Å². The van der Waals surface area contributed by atoms with Crippen LogP contribution in [0, 0.1) is 11.3 Å². The molecule has 2 fully saturated rings. The highest BCUT2D eigenvalue weighted by molar-refractivity contribution is 6.32. The Kier molecular flexibility index (Phi) is 6.60. The first-order valence-corrected chi connectivity index (χ1v) is 10.7. The van der Waals surface area contributed by atoms with E-state index in [2.05, 4.69) is 26.1 Å². The van der Waals surface area contributed by atoms with E-state index in [0.29, 0.717) is 29.5 Å². The quantitative estimate of drug-likeness (QED) is 0.416. The molecular formula is C22H29ClN2O5. The van der Waals surface area contributed by atoms with Gasteiger partial charge in [0.2, 0.25) is 0 Å². The van der Waals surface area contributed by atoms with E-state index in [-0.39, 0.29) is 24.5 Å². The van der Waals surface area contributed by atoms with Crippen molar-refractivity contribution in [3.8, 4) is 5.75 Å². The number of imide groups is 1. The number of nitrogens with zero attached hydrogens (tertiary/aromatic N) is 1. The van der Waals surface area contributed by atoms with Gasteiger partial charge in [-0.05, 0) is 49.1 Å². The SMILES string of the molecule is CC(C)(C)C1CCC2(CC1)NC(=O)N(CC(=O)OCCOc1ccccc1Cl)C2=O. The Morgan fingerprint density at radius 1 is 1.20 bits per heavy atom. The Bertz CT molecular complexity index is 812. The van der Waals surface area contributed by atoms with E-state index in [1.165, 1.54) is 0 Å². The predicted octanol–water partition coefficient (Wildman–Crippen LogP) is 3.79. The maximum absolute atomic E-state index is 12.9. The second kappa shape index (κ2) is 8.84. The summed E-state index contributed by atoms with van der Waals surface area (Å²) >= 11 is 5.99. The zero-order valence-corrected chi connectivity index (χ0v) is 18.5. The van der Waals surface area contributed by atoms with Crippen molar-refractivity contribution < 1.29 is 23.9 Å². The summed E-state index contributed by atoms with van der Waals surface area (Å²) in [6, 6.07) is 6.46. The number of esters is 1. The van der Waals surface area contributed by atoms with Crippen LogP contribution in [0.1, 0.15) is 46.5 Å². The van der Waals surface area contributed by atoms with Crippen molar-refractivity contribution in [2.24, 2.45) is 11.3 Å². The fourth-order valence-corrected chi connectivity index (χ4v) is 4.37. The van der Waals surface area contributed by atoms with Gasteiger partial charge in [-0.25, -0.2) is 4.79 Å². The first kappa shape index (κ1) is 22.4. The molecular weight excluding hydrogens is 408 g/mol. The van der Waals surface area contributed by atoms with Crippen LogP contribution in [0.5, 0.6) is 5.75 Å². The molecule has 0 atom stereocenters. The van der Waals surface area contributed by atoms with Gasteiger partial charge in [-0.1, -0.05) is 44.5 Å². The summed E-state index contributed by atoms with van der Waals surface area (Å²) in [6.45, 7) is 6.30. The van der Waals surface area contributed by atoms with Gasteiger partial charge < -0.3 is 14.8 Å². The molecule has 1 N–H and O–H groups in total. The van der Waals surface area contributed by atoms with Crippen molar-refractivity contribution in [1.82, 2.24) is 10.2 Å². The van der Waals surface area contributed by atoms with Gasteiger partial charge in [0, 0.05) is 0 Å². The normalized spacial score (nSPS) is 24.1. The number of nitrogens with one attached hydrogen (secondary N) is 1. The van der Waals surface area contributed by atoms with Crippen molar-refractivity contribution in [3.05, 3.63) is 29.3 Å². The van der Waals surface area contributed by atoms with Crippen LogP contribution in [0.3, 0.4) is 0 Å². The molecule has 164 valence electrons. The second-order valence-electron chi connectivity index (χ2n) is 9.04. The average molecular weight is 437 g/mol. The van der Waals surface area contributed by atoms with E-state index in [9.17, 15) is 14.4 Å². The third-order valence-corrected chi connectivity index (χ3v) is 6.35. The number of amides is 3.